The van der Waals surface area contributed by atoms with E-state index in [0.29, 0.717) is 28.0 Å². The largest absolute Gasteiger partial charge is 0.507 e. The van der Waals surface area contributed by atoms with Crippen molar-refractivity contribution in [3.8, 4) is 5.75 Å². The number of aromatic amines is 1. The zero-order valence-corrected chi connectivity index (χ0v) is 19.5. The molecule has 1 aromatic heterocycles. The molecule has 0 saturated carbocycles. The van der Waals surface area contributed by atoms with E-state index in [1.165, 1.54) is 25.2 Å². The number of carbonyl (C=O) groups is 3. The highest BCUT2D eigenvalue weighted by Gasteiger charge is 2.47. The molecule has 8 heteroatoms. The maximum absolute atomic E-state index is 13.4. The molecule has 2 heterocycles. The monoisotopic (exact) mass is 482 g/mol. The number of ether oxygens (including phenoxy) is 2. The molecular weight excluding hydrogens is 460 g/mol. The predicted octanol–water partition coefficient (Wildman–Crippen LogP) is 4.59. The number of hydrogen-bond acceptors (Lipinski definition) is 6. The molecule has 4 aromatic rings. The van der Waals surface area contributed by atoms with Crippen molar-refractivity contribution in [2.24, 2.45) is 0 Å². The fourth-order valence-corrected chi connectivity index (χ4v) is 4.54. The molecule has 1 amide bonds. The van der Waals surface area contributed by atoms with E-state index < -0.39 is 23.7 Å². The number of rotatable bonds is 5. The number of methoxy groups -OCH3 is 2. The number of fused-ring (bicyclic) bond motifs is 1. The molecule has 8 nitrogen and oxygen atoms in total. The Hall–Kier alpha value is -4.85. The van der Waals surface area contributed by atoms with Crippen LogP contribution in [0.25, 0.3) is 16.7 Å². The number of amides is 1. The molecule has 36 heavy (non-hydrogen) atoms. The van der Waals surface area contributed by atoms with E-state index >= 15 is 0 Å². The molecule has 0 aliphatic carbocycles. The van der Waals surface area contributed by atoms with E-state index in [4.69, 9.17) is 9.47 Å². The average Bonchev–Trinajstić information content (AvgIpc) is 3.47. The number of aromatic nitrogens is 1. The molecule has 1 saturated heterocycles. The van der Waals surface area contributed by atoms with Crippen molar-refractivity contribution < 1.29 is 29.0 Å². The summed E-state index contributed by atoms with van der Waals surface area (Å²) in [7, 11) is 2.78. The van der Waals surface area contributed by atoms with Crippen LogP contribution in [0.15, 0.2) is 84.6 Å². The zero-order chi connectivity index (χ0) is 25.4. The minimum absolute atomic E-state index is 0.0681. The Labute approximate surface area is 206 Å². The van der Waals surface area contributed by atoms with E-state index in [9.17, 15) is 19.5 Å². The van der Waals surface area contributed by atoms with Crippen LogP contribution < -0.4 is 9.64 Å². The Morgan fingerprint density at radius 3 is 2.53 bits per heavy atom. The molecule has 0 bridgehead atoms. The molecule has 1 fully saturated rings. The van der Waals surface area contributed by atoms with Crippen molar-refractivity contribution in [1.29, 1.82) is 0 Å². The highest BCUT2D eigenvalue weighted by Crippen LogP contribution is 2.43. The fourth-order valence-electron chi connectivity index (χ4n) is 4.54. The molecule has 1 aliphatic rings. The molecule has 1 atom stereocenters. The number of para-hydroxylation sites is 1. The fraction of sp³-hybridized carbons (Fsp3) is 0.107. The Morgan fingerprint density at radius 1 is 0.972 bits per heavy atom. The van der Waals surface area contributed by atoms with Crippen molar-refractivity contribution in [1.82, 2.24) is 4.98 Å². The number of benzene rings is 3. The summed E-state index contributed by atoms with van der Waals surface area (Å²) >= 11 is 0. The van der Waals surface area contributed by atoms with Gasteiger partial charge in [-0.1, -0.05) is 36.4 Å². The second-order valence-electron chi connectivity index (χ2n) is 8.24. The summed E-state index contributed by atoms with van der Waals surface area (Å²) in [6.45, 7) is 0. The second-order valence-corrected chi connectivity index (χ2v) is 8.24. The first-order chi connectivity index (χ1) is 17.4. The lowest BCUT2D eigenvalue weighted by Gasteiger charge is -2.26. The van der Waals surface area contributed by atoms with Crippen LogP contribution in [0, 0.1) is 0 Å². The smallest absolute Gasteiger partial charge is 0.337 e. The standard InChI is InChI=1S/C28H22N2O6/c1-35-19-10-6-7-16(14-19)24-23(25(31)21-15-29-22-12-4-3-11-20(21)22)26(32)27(33)30(24)18-9-5-8-17(13-18)28(34)36-2/h3-15,24,29,31H,1-2H3/b25-23-. The number of nitrogens with one attached hydrogen (secondary N) is 1. The first-order valence-electron chi connectivity index (χ1n) is 11.1. The van der Waals surface area contributed by atoms with Crippen LogP contribution >= 0.6 is 0 Å². The van der Waals surface area contributed by atoms with Gasteiger partial charge in [-0.2, -0.15) is 0 Å². The third-order valence-corrected chi connectivity index (χ3v) is 6.24. The summed E-state index contributed by atoms with van der Waals surface area (Å²) in [4.78, 5) is 43.4. The number of Topliss-reactive ketones (excluding diaryl/α,β-unsaturated/α-hetero) is 1. The lowest BCUT2D eigenvalue weighted by Crippen LogP contribution is -2.29. The summed E-state index contributed by atoms with van der Waals surface area (Å²) in [5.41, 5.74) is 2.19. The van der Waals surface area contributed by atoms with Gasteiger partial charge in [-0.05, 0) is 42.0 Å². The first kappa shape index (κ1) is 22.9. The number of esters is 1. The summed E-state index contributed by atoms with van der Waals surface area (Å²) in [5, 5.41) is 12.2. The second kappa shape index (κ2) is 9.07. The van der Waals surface area contributed by atoms with Gasteiger partial charge in [-0.3, -0.25) is 14.5 Å². The van der Waals surface area contributed by atoms with Gasteiger partial charge in [0.15, 0.2) is 0 Å². The molecule has 3 aromatic carbocycles. The van der Waals surface area contributed by atoms with Crippen molar-refractivity contribution in [2.45, 2.75) is 6.04 Å². The van der Waals surface area contributed by atoms with Crippen LogP contribution in [0.2, 0.25) is 0 Å². The lowest BCUT2D eigenvalue weighted by molar-refractivity contribution is -0.132. The normalized spacial score (nSPS) is 16.9. The minimum atomic E-state index is -0.971. The molecule has 5 rings (SSSR count). The van der Waals surface area contributed by atoms with Gasteiger partial charge in [-0.15, -0.1) is 0 Å². The van der Waals surface area contributed by atoms with Gasteiger partial charge in [-0.25, -0.2) is 4.79 Å². The highest BCUT2D eigenvalue weighted by atomic mass is 16.5. The topological polar surface area (TPSA) is 109 Å². The SMILES string of the molecule is COC(=O)c1cccc(N2C(=O)C(=O)/C(=C(\O)c3c[nH]c4ccccc34)C2c2cccc(OC)c2)c1. The van der Waals surface area contributed by atoms with Crippen molar-refractivity contribution in [3.63, 3.8) is 0 Å². The number of H-pyrrole nitrogens is 1. The van der Waals surface area contributed by atoms with Gasteiger partial charge in [0.25, 0.3) is 11.7 Å². The maximum atomic E-state index is 13.4. The van der Waals surface area contributed by atoms with Gasteiger partial charge >= 0.3 is 5.97 Å². The minimum Gasteiger partial charge on any atom is -0.507 e. The molecular formula is C28H22N2O6. The Bertz CT molecular complexity index is 1550. The molecule has 0 radical (unpaired) electrons. The number of aliphatic hydroxyl groups excluding tert-OH is 1. The van der Waals surface area contributed by atoms with Crippen LogP contribution in [0.3, 0.4) is 0 Å². The number of hydrogen-bond donors (Lipinski definition) is 2. The zero-order valence-electron chi connectivity index (χ0n) is 19.5. The van der Waals surface area contributed by atoms with Gasteiger partial charge in [0.05, 0.1) is 31.4 Å². The van der Waals surface area contributed by atoms with E-state index in [-0.39, 0.29) is 16.9 Å². The molecule has 1 unspecified atom stereocenters. The van der Waals surface area contributed by atoms with Gasteiger partial charge < -0.3 is 19.6 Å². The Balaban J connectivity index is 1.75. The van der Waals surface area contributed by atoms with Crippen molar-refractivity contribution >= 4 is 40.0 Å². The number of nitrogens with zero attached hydrogens (tertiary/aromatic N) is 1. The van der Waals surface area contributed by atoms with E-state index in [1.807, 2.05) is 24.3 Å². The summed E-state index contributed by atoms with van der Waals surface area (Å²) in [6.07, 6.45) is 1.61. The number of anilines is 1. The average molecular weight is 482 g/mol. The Kier molecular flexibility index (Phi) is 5.77. The summed E-state index contributed by atoms with van der Waals surface area (Å²) < 4.78 is 10.2. The van der Waals surface area contributed by atoms with E-state index in [1.54, 1.807) is 48.7 Å². The van der Waals surface area contributed by atoms with Crippen LogP contribution in [0.5, 0.6) is 5.75 Å². The number of ketones is 1. The third kappa shape index (κ3) is 3.69. The van der Waals surface area contributed by atoms with Crippen molar-refractivity contribution in [2.75, 3.05) is 19.1 Å². The lowest BCUT2D eigenvalue weighted by atomic mass is 9.94. The van der Waals surface area contributed by atoms with Crippen LogP contribution in [0.1, 0.15) is 27.5 Å². The molecule has 2 N–H and O–H groups in total. The summed E-state index contributed by atoms with van der Waals surface area (Å²) in [5.74, 6) is -2.02. The quantitative estimate of drug-likeness (QED) is 0.186. The predicted molar refractivity (Wildman–Crippen MR) is 134 cm³/mol. The van der Waals surface area contributed by atoms with Crippen LogP contribution in [-0.4, -0.2) is 42.0 Å². The first-order valence-corrected chi connectivity index (χ1v) is 11.1. The number of carbonyl (C=O) groups excluding carboxylic acids is 3. The molecule has 180 valence electrons. The maximum Gasteiger partial charge on any atom is 0.337 e. The van der Waals surface area contributed by atoms with E-state index in [0.717, 1.165) is 5.52 Å². The molecule has 1 aliphatic heterocycles. The Morgan fingerprint density at radius 2 is 1.75 bits per heavy atom. The summed E-state index contributed by atoms with van der Waals surface area (Å²) in [6, 6.07) is 19.6. The third-order valence-electron chi connectivity index (χ3n) is 6.24. The highest BCUT2D eigenvalue weighted by molar-refractivity contribution is 6.51. The number of aliphatic hydroxyl groups is 1. The van der Waals surface area contributed by atoms with Crippen molar-refractivity contribution in [3.05, 3.63) is 101 Å². The van der Waals surface area contributed by atoms with Gasteiger partial charge in [0.1, 0.15) is 11.5 Å². The van der Waals surface area contributed by atoms with Gasteiger partial charge in [0.2, 0.25) is 0 Å². The van der Waals surface area contributed by atoms with E-state index in [2.05, 4.69) is 4.98 Å². The van der Waals surface area contributed by atoms with Crippen LogP contribution in [-0.2, 0) is 14.3 Å². The molecule has 0 spiro atoms. The van der Waals surface area contributed by atoms with Gasteiger partial charge in [0, 0.05) is 28.4 Å². The van der Waals surface area contributed by atoms with Crippen LogP contribution in [0.4, 0.5) is 5.69 Å².